The highest BCUT2D eigenvalue weighted by molar-refractivity contribution is 7.89. The lowest BCUT2D eigenvalue weighted by Gasteiger charge is -2.16. The van der Waals surface area contributed by atoms with Gasteiger partial charge in [0.2, 0.25) is 10.0 Å². The van der Waals surface area contributed by atoms with Crippen molar-refractivity contribution in [2.75, 3.05) is 19.0 Å². The van der Waals surface area contributed by atoms with Crippen LogP contribution in [0.3, 0.4) is 0 Å². The first-order chi connectivity index (χ1) is 8.87. The first-order valence-electron chi connectivity index (χ1n) is 6.44. The van der Waals surface area contributed by atoms with Crippen molar-refractivity contribution in [3.05, 3.63) is 11.4 Å². The van der Waals surface area contributed by atoms with Crippen LogP contribution in [0.5, 0.6) is 0 Å². The quantitative estimate of drug-likeness (QED) is 0.795. The van der Waals surface area contributed by atoms with E-state index in [-0.39, 0.29) is 0 Å². The minimum atomic E-state index is -3.42. The molecule has 1 aromatic rings. The molecule has 1 aliphatic rings. The van der Waals surface area contributed by atoms with Crippen molar-refractivity contribution >= 4 is 21.6 Å². The number of rotatable bonds is 4. The zero-order valence-electron chi connectivity index (χ0n) is 11.6. The maximum absolute atomic E-state index is 12.7. The van der Waals surface area contributed by atoms with Gasteiger partial charge in [-0.15, -0.1) is 11.6 Å². The zero-order valence-corrected chi connectivity index (χ0v) is 13.1. The third-order valence-electron chi connectivity index (χ3n) is 3.81. The van der Waals surface area contributed by atoms with E-state index in [1.807, 2.05) is 0 Å². The first-order valence-corrected chi connectivity index (χ1v) is 8.41. The fourth-order valence-electron chi connectivity index (χ4n) is 2.66. The van der Waals surface area contributed by atoms with Crippen LogP contribution in [0.25, 0.3) is 0 Å². The second kappa shape index (κ2) is 5.42. The topological polar surface area (TPSA) is 55.2 Å². The molecule has 2 rings (SSSR count). The fourth-order valence-corrected chi connectivity index (χ4v) is 4.90. The molecule has 1 atom stereocenters. The normalized spacial score (nSPS) is 21.2. The van der Waals surface area contributed by atoms with Crippen molar-refractivity contribution < 1.29 is 8.42 Å². The Balaban J connectivity index is 2.29. The van der Waals surface area contributed by atoms with Gasteiger partial charge >= 0.3 is 0 Å². The summed E-state index contributed by atoms with van der Waals surface area (Å²) in [7, 11) is -1.66. The molecular weight excluding hydrogens is 286 g/mol. The smallest absolute Gasteiger partial charge is 0.246 e. The predicted octanol–water partition coefficient (Wildman–Crippen LogP) is 1.68. The van der Waals surface area contributed by atoms with E-state index in [9.17, 15) is 8.42 Å². The number of aromatic nitrogens is 2. The molecular formula is C12H20ClN3O2S. The highest BCUT2D eigenvalue weighted by atomic mass is 35.5. The number of sulfonamides is 1. The van der Waals surface area contributed by atoms with E-state index in [1.165, 1.54) is 0 Å². The summed E-state index contributed by atoms with van der Waals surface area (Å²) in [5.74, 6) is 0.966. The van der Waals surface area contributed by atoms with Crippen molar-refractivity contribution in [3.8, 4) is 0 Å². The minimum absolute atomic E-state index is 0.363. The summed E-state index contributed by atoms with van der Waals surface area (Å²) in [6.45, 7) is 4.69. The van der Waals surface area contributed by atoms with E-state index in [1.54, 1.807) is 29.9 Å². The molecule has 0 spiro atoms. The molecule has 0 bridgehead atoms. The van der Waals surface area contributed by atoms with Gasteiger partial charge in [0.25, 0.3) is 0 Å². The number of nitrogens with zero attached hydrogens (tertiary/aromatic N) is 3. The number of hydrogen-bond acceptors (Lipinski definition) is 3. The predicted molar refractivity (Wildman–Crippen MR) is 74.9 cm³/mol. The van der Waals surface area contributed by atoms with Crippen LogP contribution in [0.4, 0.5) is 0 Å². The standard InChI is InChI=1S/C12H20ClN3O2S/c1-9-12(10(2)15(3)14-9)19(17,18)16-7-5-11(8-16)4-6-13/h11H,4-8H2,1-3H3. The molecule has 1 unspecified atom stereocenters. The first kappa shape index (κ1) is 14.8. The van der Waals surface area contributed by atoms with Crippen LogP contribution < -0.4 is 0 Å². The van der Waals surface area contributed by atoms with Gasteiger partial charge in [0.15, 0.2) is 0 Å². The lowest BCUT2D eigenvalue weighted by atomic mass is 10.1. The van der Waals surface area contributed by atoms with Gasteiger partial charge in [0, 0.05) is 26.0 Å². The van der Waals surface area contributed by atoms with Crippen LogP contribution in [0, 0.1) is 19.8 Å². The summed E-state index contributed by atoms with van der Waals surface area (Å²) in [6.07, 6.45) is 1.77. The zero-order chi connectivity index (χ0) is 14.2. The van der Waals surface area contributed by atoms with E-state index in [0.29, 0.717) is 41.2 Å². The molecule has 0 aromatic carbocycles. The summed E-state index contributed by atoms with van der Waals surface area (Å²) in [6, 6.07) is 0. The summed E-state index contributed by atoms with van der Waals surface area (Å²) >= 11 is 5.73. The maximum Gasteiger partial charge on any atom is 0.246 e. The van der Waals surface area contributed by atoms with Crippen LogP contribution >= 0.6 is 11.6 Å². The highest BCUT2D eigenvalue weighted by Gasteiger charge is 2.35. The van der Waals surface area contributed by atoms with Crippen LogP contribution in [0.2, 0.25) is 0 Å². The van der Waals surface area contributed by atoms with Gasteiger partial charge in [-0.3, -0.25) is 4.68 Å². The van der Waals surface area contributed by atoms with E-state index < -0.39 is 10.0 Å². The Labute approximate surface area is 119 Å². The average molecular weight is 306 g/mol. The van der Waals surface area contributed by atoms with Crippen molar-refractivity contribution in [1.82, 2.24) is 14.1 Å². The Morgan fingerprint density at radius 2 is 2.11 bits per heavy atom. The summed E-state index contributed by atoms with van der Waals surface area (Å²) in [5.41, 5.74) is 1.26. The summed E-state index contributed by atoms with van der Waals surface area (Å²) < 4.78 is 28.5. The third kappa shape index (κ3) is 2.66. The molecule has 7 heteroatoms. The second-order valence-corrected chi connectivity index (χ2v) is 7.37. The van der Waals surface area contributed by atoms with Gasteiger partial charge in [0.05, 0.1) is 11.4 Å². The molecule has 0 N–H and O–H groups in total. The molecule has 1 aliphatic heterocycles. The summed E-state index contributed by atoms with van der Waals surface area (Å²) in [5, 5.41) is 4.19. The van der Waals surface area contributed by atoms with Crippen LogP contribution in [0.15, 0.2) is 4.90 Å². The number of halogens is 1. The largest absolute Gasteiger partial charge is 0.271 e. The highest BCUT2D eigenvalue weighted by Crippen LogP contribution is 2.29. The van der Waals surface area contributed by atoms with Crippen molar-refractivity contribution in [2.45, 2.75) is 31.6 Å². The van der Waals surface area contributed by atoms with Gasteiger partial charge in [-0.2, -0.15) is 9.40 Å². The Bertz CT molecular complexity index is 568. The Morgan fingerprint density at radius 1 is 1.42 bits per heavy atom. The van der Waals surface area contributed by atoms with Gasteiger partial charge in [-0.05, 0) is 32.6 Å². The van der Waals surface area contributed by atoms with Crippen molar-refractivity contribution in [1.29, 1.82) is 0 Å². The van der Waals surface area contributed by atoms with E-state index >= 15 is 0 Å². The minimum Gasteiger partial charge on any atom is -0.271 e. The molecule has 0 aliphatic carbocycles. The van der Waals surface area contributed by atoms with Gasteiger partial charge < -0.3 is 0 Å². The summed E-state index contributed by atoms with van der Waals surface area (Å²) in [4.78, 5) is 0.363. The molecule has 2 heterocycles. The molecule has 1 fully saturated rings. The molecule has 0 amide bonds. The monoisotopic (exact) mass is 305 g/mol. The van der Waals surface area contributed by atoms with E-state index in [4.69, 9.17) is 11.6 Å². The number of alkyl halides is 1. The Hall–Kier alpha value is -0.590. The van der Waals surface area contributed by atoms with E-state index in [2.05, 4.69) is 5.10 Å². The van der Waals surface area contributed by atoms with Gasteiger partial charge in [-0.25, -0.2) is 8.42 Å². The Kier molecular flexibility index (Phi) is 4.23. The van der Waals surface area contributed by atoms with Crippen molar-refractivity contribution in [2.24, 2.45) is 13.0 Å². The average Bonchev–Trinajstić information content (AvgIpc) is 2.87. The van der Waals surface area contributed by atoms with Gasteiger partial charge in [-0.1, -0.05) is 0 Å². The molecule has 1 saturated heterocycles. The van der Waals surface area contributed by atoms with Gasteiger partial charge in [0.1, 0.15) is 4.90 Å². The third-order valence-corrected chi connectivity index (χ3v) is 6.14. The molecule has 19 heavy (non-hydrogen) atoms. The van der Waals surface area contributed by atoms with Crippen LogP contribution in [-0.2, 0) is 17.1 Å². The molecule has 0 saturated carbocycles. The Morgan fingerprint density at radius 3 is 2.63 bits per heavy atom. The number of hydrogen-bond donors (Lipinski definition) is 0. The lowest BCUT2D eigenvalue weighted by Crippen LogP contribution is -2.29. The molecule has 5 nitrogen and oxygen atoms in total. The van der Waals surface area contributed by atoms with E-state index in [0.717, 1.165) is 12.8 Å². The number of aryl methyl sites for hydroxylation is 2. The van der Waals surface area contributed by atoms with Crippen LogP contribution in [-0.4, -0.2) is 41.5 Å². The molecule has 0 radical (unpaired) electrons. The second-order valence-electron chi connectivity index (χ2n) is 5.12. The van der Waals surface area contributed by atoms with Crippen molar-refractivity contribution in [3.63, 3.8) is 0 Å². The lowest BCUT2D eigenvalue weighted by molar-refractivity contribution is 0.452. The molecule has 1 aromatic heterocycles. The fraction of sp³-hybridized carbons (Fsp3) is 0.750. The SMILES string of the molecule is Cc1nn(C)c(C)c1S(=O)(=O)N1CCC(CCCl)C1. The maximum atomic E-state index is 12.7. The molecule has 108 valence electrons. The van der Waals surface area contributed by atoms with Crippen LogP contribution in [0.1, 0.15) is 24.2 Å².